The van der Waals surface area contributed by atoms with Crippen molar-refractivity contribution in [3.05, 3.63) is 54.1 Å². The van der Waals surface area contributed by atoms with Crippen molar-refractivity contribution in [3.63, 3.8) is 0 Å². The summed E-state index contributed by atoms with van der Waals surface area (Å²) in [7, 11) is 0. The van der Waals surface area contributed by atoms with E-state index in [2.05, 4.69) is 15.0 Å². The van der Waals surface area contributed by atoms with Crippen molar-refractivity contribution in [3.8, 4) is 5.75 Å². The Morgan fingerprint density at radius 2 is 1.83 bits per heavy atom. The number of rotatable bonds is 7. The van der Waals surface area contributed by atoms with Crippen LogP contribution in [0.2, 0.25) is 0 Å². The van der Waals surface area contributed by atoms with E-state index in [1.54, 1.807) is 0 Å². The van der Waals surface area contributed by atoms with Gasteiger partial charge in [-0.05, 0) is 50.1 Å². The number of alkyl halides is 5. The van der Waals surface area contributed by atoms with Crippen molar-refractivity contribution >= 4 is 29.1 Å². The molecule has 3 rings (SSSR count). The normalized spacial score (nSPS) is 17.2. The van der Waals surface area contributed by atoms with Crippen molar-refractivity contribution in [1.82, 2.24) is 10.3 Å². The molecule has 190 valence electrons. The number of ether oxygens (including phenoxy) is 2. The molecule has 1 aliphatic heterocycles. The van der Waals surface area contributed by atoms with Crippen molar-refractivity contribution in [2.45, 2.75) is 43.3 Å². The molecule has 1 N–H and O–H groups in total. The highest BCUT2D eigenvalue weighted by atomic mass is 35.5. The number of hydrogen-bond donors (Lipinski definition) is 1. The number of nitrogens with zero attached hydrogens (tertiary/aromatic N) is 2. The molecule has 0 spiro atoms. The van der Waals surface area contributed by atoms with Crippen molar-refractivity contribution in [1.29, 1.82) is 0 Å². The van der Waals surface area contributed by atoms with E-state index in [-0.39, 0.29) is 17.3 Å². The zero-order valence-electron chi connectivity index (χ0n) is 18.3. The fourth-order valence-electron chi connectivity index (χ4n) is 3.71. The summed E-state index contributed by atoms with van der Waals surface area (Å²) in [4.78, 5) is 30.9. The van der Waals surface area contributed by atoms with E-state index in [0.29, 0.717) is 31.0 Å². The number of amides is 2. The molecule has 0 aliphatic carbocycles. The lowest BCUT2D eigenvalue weighted by atomic mass is 9.88. The van der Waals surface area contributed by atoms with E-state index in [4.69, 9.17) is 16.3 Å². The first kappa shape index (κ1) is 26.6. The SMILES string of the molecule is C[C@](C(=O)NC1CCOCC1)(c1cncc(F)c1)N(C(=O)[C@H](F)Cl)c1ccc(OC(F)(F)F)cc1. The summed E-state index contributed by atoms with van der Waals surface area (Å²) in [5, 5.41) is 2.76. The van der Waals surface area contributed by atoms with Crippen LogP contribution in [-0.4, -0.2) is 48.0 Å². The number of anilines is 1. The molecule has 2 heterocycles. The van der Waals surface area contributed by atoms with Crippen LogP contribution in [0.1, 0.15) is 25.3 Å². The number of benzene rings is 1. The Hall–Kier alpha value is -2.99. The second-order valence-electron chi connectivity index (χ2n) is 7.84. The Balaban J connectivity index is 2.11. The standard InChI is InChI=1S/C22H21ClF5N3O4/c1-21(13-10-14(24)12-29-11-13,20(33)30-15-6-8-34-9-7-15)31(19(32)18(23)25)16-2-4-17(5-3-16)35-22(26,27)28/h2-5,10-12,15,18H,6-9H2,1H3,(H,30,33)/t18-,21+/m0/s1. The van der Waals surface area contributed by atoms with Crippen LogP contribution in [0.4, 0.5) is 27.6 Å². The number of aromatic nitrogens is 1. The lowest BCUT2D eigenvalue weighted by Crippen LogP contribution is -2.60. The van der Waals surface area contributed by atoms with Gasteiger partial charge in [-0.1, -0.05) is 11.6 Å². The van der Waals surface area contributed by atoms with Gasteiger partial charge in [-0.15, -0.1) is 13.2 Å². The number of pyridine rings is 1. The van der Waals surface area contributed by atoms with Gasteiger partial charge in [-0.25, -0.2) is 8.78 Å². The highest BCUT2D eigenvalue weighted by Gasteiger charge is 2.47. The lowest BCUT2D eigenvalue weighted by molar-refractivity contribution is -0.274. The minimum atomic E-state index is -4.97. The molecule has 1 aromatic heterocycles. The molecule has 0 unspecified atom stereocenters. The molecule has 0 radical (unpaired) electrons. The number of hydrogen-bond acceptors (Lipinski definition) is 5. The predicted molar refractivity (Wildman–Crippen MR) is 115 cm³/mol. The third-order valence-corrected chi connectivity index (χ3v) is 5.64. The molecule has 2 amide bonds. The smallest absolute Gasteiger partial charge is 0.406 e. The van der Waals surface area contributed by atoms with E-state index in [9.17, 15) is 31.5 Å². The van der Waals surface area contributed by atoms with E-state index in [1.165, 1.54) is 6.92 Å². The molecule has 1 aromatic carbocycles. The highest BCUT2D eigenvalue weighted by Crippen LogP contribution is 2.37. The van der Waals surface area contributed by atoms with Crippen LogP contribution in [-0.2, 0) is 19.9 Å². The summed E-state index contributed by atoms with van der Waals surface area (Å²) in [5.74, 6) is -3.66. The van der Waals surface area contributed by atoms with Crippen molar-refractivity contribution in [2.24, 2.45) is 0 Å². The fraction of sp³-hybridized carbons (Fsp3) is 0.409. The summed E-state index contributed by atoms with van der Waals surface area (Å²) < 4.78 is 75.0. The third kappa shape index (κ3) is 6.37. The molecular formula is C22H21ClF5N3O4. The quantitative estimate of drug-likeness (QED) is 0.436. The molecule has 35 heavy (non-hydrogen) atoms. The van der Waals surface area contributed by atoms with Crippen molar-refractivity contribution in [2.75, 3.05) is 18.1 Å². The van der Waals surface area contributed by atoms with Crippen LogP contribution in [0.5, 0.6) is 5.75 Å². The zero-order chi connectivity index (χ0) is 25.8. The molecule has 1 saturated heterocycles. The number of halogens is 6. The summed E-state index contributed by atoms with van der Waals surface area (Å²) in [6.45, 7) is 1.98. The second kappa shape index (κ2) is 10.7. The Morgan fingerprint density at radius 3 is 2.37 bits per heavy atom. The minimum Gasteiger partial charge on any atom is -0.406 e. The molecular weight excluding hydrogens is 501 g/mol. The average Bonchev–Trinajstić information content (AvgIpc) is 2.79. The molecule has 0 bridgehead atoms. The topological polar surface area (TPSA) is 80.8 Å². The van der Waals surface area contributed by atoms with Gasteiger partial charge in [-0.2, -0.15) is 0 Å². The lowest BCUT2D eigenvalue weighted by Gasteiger charge is -2.41. The first-order valence-electron chi connectivity index (χ1n) is 10.4. The van der Waals surface area contributed by atoms with Crippen LogP contribution in [0.15, 0.2) is 42.7 Å². The Kier molecular flexibility index (Phi) is 8.16. The first-order valence-corrected chi connectivity index (χ1v) is 10.8. The summed E-state index contributed by atoms with van der Waals surface area (Å²) >= 11 is 5.44. The molecule has 1 aliphatic rings. The molecule has 1 fully saturated rings. The largest absolute Gasteiger partial charge is 0.573 e. The minimum absolute atomic E-state index is 0.122. The van der Waals surface area contributed by atoms with Gasteiger partial charge in [0.2, 0.25) is 0 Å². The van der Waals surface area contributed by atoms with Gasteiger partial charge < -0.3 is 14.8 Å². The fourth-order valence-corrected chi connectivity index (χ4v) is 3.81. The monoisotopic (exact) mass is 521 g/mol. The number of carbonyl (C=O) groups is 2. The predicted octanol–water partition coefficient (Wildman–Crippen LogP) is 4.20. The molecule has 13 heteroatoms. The number of carbonyl (C=O) groups excluding carboxylic acids is 2. The maximum absolute atomic E-state index is 14.1. The number of nitrogens with one attached hydrogen (secondary N) is 1. The maximum atomic E-state index is 14.1. The van der Waals surface area contributed by atoms with Gasteiger partial charge in [0.25, 0.3) is 17.4 Å². The summed E-state index contributed by atoms with van der Waals surface area (Å²) in [5.41, 5.74) is -5.04. The summed E-state index contributed by atoms with van der Waals surface area (Å²) in [6.07, 6.45) is -2.06. The van der Waals surface area contributed by atoms with Crippen LogP contribution in [0, 0.1) is 5.82 Å². The van der Waals surface area contributed by atoms with Gasteiger partial charge in [0.05, 0.1) is 6.20 Å². The van der Waals surface area contributed by atoms with Crippen molar-refractivity contribution < 1.29 is 41.0 Å². The van der Waals surface area contributed by atoms with E-state index in [0.717, 1.165) is 42.7 Å². The summed E-state index contributed by atoms with van der Waals surface area (Å²) in [6, 6.07) is 4.39. The van der Waals surface area contributed by atoms with Crippen LogP contribution >= 0.6 is 11.6 Å². The van der Waals surface area contributed by atoms with Gasteiger partial charge in [0, 0.05) is 36.7 Å². The van der Waals surface area contributed by atoms with Gasteiger partial charge in [0.15, 0.2) is 5.54 Å². The van der Waals surface area contributed by atoms with E-state index < -0.39 is 40.9 Å². The molecule has 2 atom stereocenters. The Labute approximate surface area is 202 Å². The average molecular weight is 522 g/mol. The van der Waals surface area contributed by atoms with E-state index in [1.807, 2.05) is 0 Å². The van der Waals surface area contributed by atoms with Gasteiger partial charge in [-0.3, -0.25) is 19.5 Å². The zero-order valence-corrected chi connectivity index (χ0v) is 19.1. The Bertz CT molecular complexity index is 1050. The maximum Gasteiger partial charge on any atom is 0.573 e. The van der Waals surface area contributed by atoms with Gasteiger partial charge >= 0.3 is 6.36 Å². The molecule has 0 saturated carbocycles. The van der Waals surface area contributed by atoms with Gasteiger partial charge in [0.1, 0.15) is 11.6 Å². The Morgan fingerprint density at radius 1 is 1.20 bits per heavy atom. The second-order valence-corrected chi connectivity index (χ2v) is 8.22. The van der Waals surface area contributed by atoms with Crippen LogP contribution in [0.25, 0.3) is 0 Å². The van der Waals surface area contributed by atoms with Crippen LogP contribution < -0.4 is 15.0 Å². The molecule has 2 aromatic rings. The third-order valence-electron chi connectivity index (χ3n) is 5.45. The van der Waals surface area contributed by atoms with E-state index >= 15 is 0 Å². The highest BCUT2D eigenvalue weighted by molar-refractivity contribution is 6.32. The van der Waals surface area contributed by atoms with Crippen LogP contribution in [0.3, 0.4) is 0 Å². The first-order chi connectivity index (χ1) is 16.4. The molecule has 7 nitrogen and oxygen atoms in total.